The molecule has 16 heavy (non-hydrogen) atoms. The average molecular weight is 223 g/mol. The molecule has 5 nitrogen and oxygen atoms in total. The Balaban J connectivity index is 2.08. The number of likely N-dealkylation sites (N-methyl/N-ethyl adjacent to an activating group) is 1. The molecule has 2 aromatic rings. The van der Waals surface area contributed by atoms with Gasteiger partial charge in [0.1, 0.15) is 5.82 Å². The van der Waals surface area contributed by atoms with Crippen molar-refractivity contribution in [1.82, 2.24) is 19.5 Å². The molecule has 0 aromatic carbocycles. The molecule has 0 aliphatic rings. The minimum atomic E-state index is -0.322. The quantitative estimate of drug-likeness (QED) is 0.834. The lowest BCUT2D eigenvalue weighted by atomic mass is 10.5. The Bertz CT molecular complexity index is 479. The highest BCUT2D eigenvalue weighted by Gasteiger charge is 2.03. The predicted octanol–water partition coefficient (Wildman–Crippen LogP) is 0.842. The van der Waals surface area contributed by atoms with Crippen molar-refractivity contribution in [1.29, 1.82) is 0 Å². The summed E-state index contributed by atoms with van der Waals surface area (Å²) in [7, 11) is 3.99. The van der Waals surface area contributed by atoms with Gasteiger partial charge in [0.25, 0.3) is 0 Å². The van der Waals surface area contributed by atoms with Gasteiger partial charge in [-0.3, -0.25) is 0 Å². The van der Waals surface area contributed by atoms with Gasteiger partial charge in [0.15, 0.2) is 5.65 Å². The second kappa shape index (κ2) is 4.44. The van der Waals surface area contributed by atoms with Crippen molar-refractivity contribution < 1.29 is 4.39 Å². The van der Waals surface area contributed by atoms with Gasteiger partial charge >= 0.3 is 0 Å². The van der Waals surface area contributed by atoms with Gasteiger partial charge in [-0.2, -0.15) is 4.98 Å². The van der Waals surface area contributed by atoms with E-state index in [1.54, 1.807) is 6.07 Å². The van der Waals surface area contributed by atoms with Gasteiger partial charge in [0.05, 0.1) is 6.20 Å². The summed E-state index contributed by atoms with van der Waals surface area (Å²) in [5.74, 6) is 0.199. The summed E-state index contributed by atoms with van der Waals surface area (Å²) in [5, 5.41) is 7.18. The third kappa shape index (κ3) is 2.46. The van der Waals surface area contributed by atoms with E-state index in [9.17, 15) is 4.39 Å². The Morgan fingerprint density at radius 3 is 3.00 bits per heavy atom. The molecular formula is C10H14FN5. The SMILES string of the molecule is CN(C)CCNc1nc2ccc(F)cn2n1. The molecule has 0 radical (unpaired) electrons. The molecule has 2 aromatic heterocycles. The van der Waals surface area contributed by atoms with E-state index in [0.29, 0.717) is 11.6 Å². The molecule has 0 bridgehead atoms. The molecule has 1 N–H and O–H groups in total. The van der Waals surface area contributed by atoms with E-state index in [2.05, 4.69) is 20.3 Å². The minimum Gasteiger partial charge on any atom is -0.352 e. The number of pyridine rings is 1. The van der Waals surface area contributed by atoms with Crippen LogP contribution in [-0.2, 0) is 0 Å². The predicted molar refractivity (Wildman–Crippen MR) is 60.0 cm³/mol. The van der Waals surface area contributed by atoms with Crippen LogP contribution in [-0.4, -0.2) is 46.7 Å². The summed E-state index contributed by atoms with van der Waals surface area (Å²) in [6.07, 6.45) is 1.31. The molecule has 2 heterocycles. The van der Waals surface area contributed by atoms with Gasteiger partial charge in [-0.1, -0.05) is 0 Å². The number of hydrogen-bond acceptors (Lipinski definition) is 4. The second-order valence-electron chi connectivity index (χ2n) is 3.82. The molecule has 0 saturated carbocycles. The van der Waals surface area contributed by atoms with Crippen molar-refractivity contribution >= 4 is 11.6 Å². The Hall–Kier alpha value is -1.69. The molecule has 0 atom stereocenters. The lowest BCUT2D eigenvalue weighted by molar-refractivity contribution is 0.425. The Kier molecular flexibility index (Phi) is 3.00. The van der Waals surface area contributed by atoms with Crippen LogP contribution >= 0.6 is 0 Å². The fourth-order valence-corrected chi connectivity index (χ4v) is 1.32. The average Bonchev–Trinajstić information content (AvgIpc) is 2.58. The fourth-order valence-electron chi connectivity index (χ4n) is 1.32. The highest BCUT2D eigenvalue weighted by Crippen LogP contribution is 2.06. The van der Waals surface area contributed by atoms with Crippen molar-refractivity contribution in [2.75, 3.05) is 32.5 Å². The van der Waals surface area contributed by atoms with Crippen molar-refractivity contribution in [2.24, 2.45) is 0 Å². The first-order valence-corrected chi connectivity index (χ1v) is 5.06. The van der Waals surface area contributed by atoms with Crippen LogP contribution in [0.5, 0.6) is 0 Å². The van der Waals surface area contributed by atoms with Gasteiger partial charge in [-0.15, -0.1) is 5.10 Å². The zero-order valence-electron chi connectivity index (χ0n) is 9.31. The first-order chi connectivity index (χ1) is 7.65. The number of anilines is 1. The van der Waals surface area contributed by atoms with Crippen molar-refractivity contribution in [3.05, 3.63) is 24.1 Å². The normalized spacial score (nSPS) is 11.2. The van der Waals surface area contributed by atoms with Crippen LogP contribution in [0, 0.1) is 5.82 Å². The lowest BCUT2D eigenvalue weighted by Crippen LogP contribution is -2.21. The number of fused-ring (bicyclic) bond motifs is 1. The van der Waals surface area contributed by atoms with E-state index in [-0.39, 0.29) is 5.82 Å². The van der Waals surface area contributed by atoms with E-state index < -0.39 is 0 Å². The van der Waals surface area contributed by atoms with Crippen LogP contribution in [0.25, 0.3) is 5.65 Å². The zero-order chi connectivity index (χ0) is 11.5. The number of rotatable bonds is 4. The van der Waals surface area contributed by atoms with Crippen LogP contribution in [0.3, 0.4) is 0 Å². The maximum absolute atomic E-state index is 12.9. The molecule has 86 valence electrons. The van der Waals surface area contributed by atoms with Crippen LogP contribution in [0.2, 0.25) is 0 Å². The molecule has 0 spiro atoms. The van der Waals surface area contributed by atoms with Crippen LogP contribution in [0.1, 0.15) is 0 Å². The van der Waals surface area contributed by atoms with Gasteiger partial charge in [0.2, 0.25) is 5.95 Å². The minimum absolute atomic E-state index is 0.322. The summed E-state index contributed by atoms with van der Waals surface area (Å²) in [6.45, 7) is 1.65. The third-order valence-corrected chi connectivity index (χ3v) is 2.14. The Labute approximate surface area is 92.9 Å². The maximum atomic E-state index is 12.9. The number of nitrogens with zero attached hydrogens (tertiary/aromatic N) is 4. The Morgan fingerprint density at radius 1 is 1.44 bits per heavy atom. The van der Waals surface area contributed by atoms with Crippen LogP contribution in [0.15, 0.2) is 18.3 Å². The lowest BCUT2D eigenvalue weighted by Gasteiger charge is -2.08. The second-order valence-corrected chi connectivity index (χ2v) is 3.82. The first-order valence-electron chi connectivity index (χ1n) is 5.06. The van der Waals surface area contributed by atoms with Gasteiger partial charge in [-0.25, -0.2) is 8.91 Å². The highest BCUT2D eigenvalue weighted by atomic mass is 19.1. The maximum Gasteiger partial charge on any atom is 0.243 e. The Morgan fingerprint density at radius 2 is 2.25 bits per heavy atom. The highest BCUT2D eigenvalue weighted by molar-refractivity contribution is 5.42. The molecule has 2 rings (SSSR count). The number of hydrogen-bond donors (Lipinski definition) is 1. The molecule has 0 aliphatic heterocycles. The van der Waals surface area contributed by atoms with Crippen molar-refractivity contribution in [2.45, 2.75) is 0 Å². The number of aromatic nitrogens is 3. The van der Waals surface area contributed by atoms with E-state index >= 15 is 0 Å². The van der Waals surface area contributed by atoms with E-state index in [1.165, 1.54) is 16.8 Å². The molecule has 0 saturated heterocycles. The molecule has 6 heteroatoms. The fraction of sp³-hybridized carbons (Fsp3) is 0.400. The van der Waals surface area contributed by atoms with Crippen LogP contribution < -0.4 is 5.32 Å². The van der Waals surface area contributed by atoms with Gasteiger partial charge in [-0.05, 0) is 26.2 Å². The van der Waals surface area contributed by atoms with E-state index in [0.717, 1.165) is 13.1 Å². The first kappa shape index (κ1) is 10.8. The largest absolute Gasteiger partial charge is 0.352 e. The van der Waals surface area contributed by atoms with E-state index in [1.807, 2.05) is 14.1 Å². The molecule has 0 aliphatic carbocycles. The third-order valence-electron chi connectivity index (χ3n) is 2.14. The number of nitrogens with one attached hydrogen (secondary N) is 1. The molecule has 0 fully saturated rings. The smallest absolute Gasteiger partial charge is 0.243 e. The summed E-state index contributed by atoms with van der Waals surface area (Å²) in [4.78, 5) is 6.26. The summed E-state index contributed by atoms with van der Waals surface area (Å²) in [6, 6.07) is 2.97. The molecule has 0 amide bonds. The van der Waals surface area contributed by atoms with Crippen molar-refractivity contribution in [3.63, 3.8) is 0 Å². The summed E-state index contributed by atoms with van der Waals surface area (Å²) in [5.41, 5.74) is 0.633. The van der Waals surface area contributed by atoms with Crippen molar-refractivity contribution in [3.8, 4) is 0 Å². The standard InChI is InChI=1S/C10H14FN5/c1-15(2)6-5-12-10-13-9-4-3-8(11)7-16(9)14-10/h3-4,7H,5-6H2,1-2H3,(H,12,14). The van der Waals surface area contributed by atoms with E-state index in [4.69, 9.17) is 0 Å². The monoisotopic (exact) mass is 223 g/mol. The molecule has 0 unspecified atom stereocenters. The number of halogens is 1. The zero-order valence-corrected chi connectivity index (χ0v) is 9.31. The topological polar surface area (TPSA) is 45.5 Å². The van der Waals surface area contributed by atoms with Gasteiger partial charge < -0.3 is 10.2 Å². The summed E-state index contributed by atoms with van der Waals surface area (Å²) >= 11 is 0. The van der Waals surface area contributed by atoms with Gasteiger partial charge in [0, 0.05) is 13.1 Å². The van der Waals surface area contributed by atoms with Crippen LogP contribution in [0.4, 0.5) is 10.3 Å². The molecular weight excluding hydrogens is 209 g/mol. The summed E-state index contributed by atoms with van der Waals surface area (Å²) < 4.78 is 14.3.